The summed E-state index contributed by atoms with van der Waals surface area (Å²) in [5.74, 6) is -1.05. The molecule has 1 aliphatic heterocycles. The number of likely N-dealkylation sites (tertiary alicyclic amines) is 1. The van der Waals surface area contributed by atoms with Crippen LogP contribution in [0.25, 0.3) is 0 Å². The first-order valence-corrected chi connectivity index (χ1v) is 7.49. The fourth-order valence-corrected chi connectivity index (χ4v) is 3.33. The van der Waals surface area contributed by atoms with Gasteiger partial charge in [-0.1, -0.05) is 6.92 Å². The molecular formula is C13H19N3O3S. The van der Waals surface area contributed by atoms with Gasteiger partial charge < -0.3 is 15.7 Å². The molecule has 0 spiro atoms. The number of carbonyl (C=O) groups is 2. The summed E-state index contributed by atoms with van der Waals surface area (Å²) in [6.45, 7) is 4.40. The molecule has 1 aromatic rings. The molecule has 1 aliphatic rings. The lowest BCUT2D eigenvalue weighted by Gasteiger charge is -2.21. The summed E-state index contributed by atoms with van der Waals surface area (Å²) >= 11 is 1.10. The van der Waals surface area contributed by atoms with Crippen LogP contribution in [0.4, 0.5) is 0 Å². The average molecular weight is 297 g/mol. The summed E-state index contributed by atoms with van der Waals surface area (Å²) in [6.07, 6.45) is 1.95. The Bertz CT molecular complexity index is 529. The van der Waals surface area contributed by atoms with Gasteiger partial charge in [-0.2, -0.15) is 0 Å². The van der Waals surface area contributed by atoms with Crippen molar-refractivity contribution in [3.05, 3.63) is 15.6 Å². The molecule has 0 aliphatic carbocycles. The first kappa shape index (κ1) is 14.9. The predicted octanol–water partition coefficient (Wildman–Crippen LogP) is 0.962. The molecule has 0 saturated carbocycles. The zero-order valence-electron chi connectivity index (χ0n) is 11.6. The van der Waals surface area contributed by atoms with E-state index in [1.165, 1.54) is 0 Å². The standard InChI is InChI=1S/C13H19N3O3S/c1-7(6-17)10-9(15-12(20-10)11(14)18)13(19)16-5-3-4-8(16)2/h7-8,17H,3-6H2,1-2H3,(H2,14,18)/t7-,8+/m1/s1. The van der Waals surface area contributed by atoms with Gasteiger partial charge in [0.25, 0.3) is 11.8 Å². The van der Waals surface area contributed by atoms with E-state index < -0.39 is 5.91 Å². The van der Waals surface area contributed by atoms with Crippen molar-refractivity contribution in [1.82, 2.24) is 9.88 Å². The van der Waals surface area contributed by atoms with Crippen molar-refractivity contribution in [1.29, 1.82) is 0 Å². The highest BCUT2D eigenvalue weighted by molar-refractivity contribution is 7.14. The van der Waals surface area contributed by atoms with Gasteiger partial charge >= 0.3 is 0 Å². The number of rotatable bonds is 4. The number of aliphatic hydroxyl groups excluding tert-OH is 1. The Balaban J connectivity index is 2.38. The van der Waals surface area contributed by atoms with Gasteiger partial charge in [0.05, 0.1) is 6.61 Å². The number of amides is 2. The number of primary amides is 1. The molecule has 1 saturated heterocycles. The summed E-state index contributed by atoms with van der Waals surface area (Å²) in [4.78, 5) is 30.3. The van der Waals surface area contributed by atoms with Crippen molar-refractivity contribution < 1.29 is 14.7 Å². The topological polar surface area (TPSA) is 96.5 Å². The van der Waals surface area contributed by atoms with Crippen LogP contribution in [-0.2, 0) is 0 Å². The van der Waals surface area contributed by atoms with Crippen LogP contribution < -0.4 is 5.73 Å². The Hall–Kier alpha value is -1.47. The molecule has 2 amide bonds. The Kier molecular flexibility index (Phi) is 4.39. The molecule has 0 bridgehead atoms. The normalized spacial score (nSPS) is 20.1. The molecule has 2 rings (SSSR count). The zero-order chi connectivity index (χ0) is 14.9. The van der Waals surface area contributed by atoms with Gasteiger partial charge in [-0.15, -0.1) is 11.3 Å². The third-order valence-electron chi connectivity index (χ3n) is 3.60. The summed E-state index contributed by atoms with van der Waals surface area (Å²) in [6, 6.07) is 0.179. The smallest absolute Gasteiger partial charge is 0.277 e. The summed E-state index contributed by atoms with van der Waals surface area (Å²) in [5.41, 5.74) is 5.50. The molecule has 0 radical (unpaired) electrons. The third-order valence-corrected chi connectivity index (χ3v) is 4.90. The highest BCUT2D eigenvalue weighted by Gasteiger charge is 2.31. The molecule has 1 aromatic heterocycles. The lowest BCUT2D eigenvalue weighted by molar-refractivity contribution is 0.0740. The highest BCUT2D eigenvalue weighted by atomic mass is 32.1. The molecule has 0 aromatic carbocycles. The maximum Gasteiger partial charge on any atom is 0.277 e. The summed E-state index contributed by atoms with van der Waals surface area (Å²) in [5, 5.41) is 9.42. The van der Waals surface area contributed by atoms with E-state index in [2.05, 4.69) is 4.98 Å². The van der Waals surface area contributed by atoms with E-state index in [1.807, 2.05) is 6.92 Å². The van der Waals surface area contributed by atoms with E-state index in [9.17, 15) is 14.7 Å². The monoisotopic (exact) mass is 297 g/mol. The van der Waals surface area contributed by atoms with Crippen LogP contribution in [-0.4, -0.2) is 46.0 Å². The number of aromatic nitrogens is 1. The van der Waals surface area contributed by atoms with Crippen molar-refractivity contribution in [3.8, 4) is 0 Å². The SMILES string of the molecule is C[C@H](CO)c1sc(C(N)=O)nc1C(=O)N1CCC[C@@H]1C. The predicted molar refractivity (Wildman–Crippen MR) is 75.9 cm³/mol. The largest absolute Gasteiger partial charge is 0.396 e. The lowest BCUT2D eigenvalue weighted by Crippen LogP contribution is -2.34. The minimum Gasteiger partial charge on any atom is -0.396 e. The molecule has 7 heteroatoms. The fraction of sp³-hybridized carbons (Fsp3) is 0.615. The van der Waals surface area contributed by atoms with Gasteiger partial charge in [-0.05, 0) is 19.8 Å². The van der Waals surface area contributed by atoms with Crippen LogP contribution in [0.15, 0.2) is 0 Å². The summed E-state index contributed by atoms with van der Waals surface area (Å²) < 4.78 is 0. The summed E-state index contributed by atoms with van der Waals surface area (Å²) in [7, 11) is 0. The van der Waals surface area contributed by atoms with E-state index >= 15 is 0 Å². The van der Waals surface area contributed by atoms with Gasteiger partial charge in [-0.25, -0.2) is 4.98 Å². The fourth-order valence-electron chi connectivity index (χ4n) is 2.38. The Labute approximate surface area is 121 Å². The Morgan fingerprint density at radius 2 is 2.30 bits per heavy atom. The van der Waals surface area contributed by atoms with Crippen molar-refractivity contribution in [2.75, 3.05) is 13.2 Å². The van der Waals surface area contributed by atoms with E-state index in [4.69, 9.17) is 5.73 Å². The average Bonchev–Trinajstić information content (AvgIpc) is 3.03. The number of carbonyl (C=O) groups excluding carboxylic acids is 2. The number of hydrogen-bond donors (Lipinski definition) is 2. The minimum absolute atomic E-state index is 0.101. The molecule has 0 unspecified atom stereocenters. The van der Waals surface area contributed by atoms with Gasteiger partial charge in [-0.3, -0.25) is 9.59 Å². The molecule has 20 heavy (non-hydrogen) atoms. The van der Waals surface area contributed by atoms with Crippen molar-refractivity contribution >= 4 is 23.2 Å². The second kappa shape index (κ2) is 5.88. The maximum atomic E-state index is 12.6. The number of hydrogen-bond acceptors (Lipinski definition) is 5. The van der Waals surface area contributed by atoms with Crippen LogP contribution in [0, 0.1) is 0 Å². The third kappa shape index (κ3) is 2.69. The van der Waals surface area contributed by atoms with E-state index in [1.54, 1.807) is 11.8 Å². The Morgan fingerprint density at radius 3 is 2.80 bits per heavy atom. The van der Waals surface area contributed by atoms with E-state index in [-0.39, 0.29) is 35.2 Å². The molecular weight excluding hydrogens is 278 g/mol. The maximum absolute atomic E-state index is 12.6. The molecule has 3 N–H and O–H groups in total. The van der Waals surface area contributed by atoms with Gasteiger partial charge in [0.2, 0.25) is 0 Å². The Morgan fingerprint density at radius 1 is 1.60 bits per heavy atom. The number of nitrogens with zero attached hydrogens (tertiary/aromatic N) is 2. The first-order chi connectivity index (χ1) is 9.45. The van der Waals surface area contributed by atoms with Crippen LogP contribution in [0.3, 0.4) is 0 Å². The van der Waals surface area contributed by atoms with Crippen molar-refractivity contribution in [3.63, 3.8) is 0 Å². The van der Waals surface area contributed by atoms with Crippen molar-refractivity contribution in [2.24, 2.45) is 5.73 Å². The van der Waals surface area contributed by atoms with E-state index in [0.717, 1.165) is 24.2 Å². The molecule has 110 valence electrons. The second-order valence-corrected chi connectivity index (χ2v) is 6.20. The second-order valence-electron chi connectivity index (χ2n) is 5.17. The van der Waals surface area contributed by atoms with Crippen molar-refractivity contribution in [2.45, 2.75) is 38.6 Å². The number of thiazole rings is 1. The van der Waals surface area contributed by atoms with Crippen LogP contribution in [0.1, 0.15) is 57.8 Å². The molecule has 1 fully saturated rings. The van der Waals surface area contributed by atoms with Crippen LogP contribution in [0.5, 0.6) is 0 Å². The first-order valence-electron chi connectivity index (χ1n) is 6.68. The van der Waals surface area contributed by atoms with Gasteiger partial charge in [0, 0.05) is 23.4 Å². The van der Waals surface area contributed by atoms with Gasteiger partial charge in [0.1, 0.15) is 5.69 Å². The quantitative estimate of drug-likeness (QED) is 0.865. The zero-order valence-corrected chi connectivity index (χ0v) is 12.4. The van der Waals surface area contributed by atoms with E-state index in [0.29, 0.717) is 11.4 Å². The highest BCUT2D eigenvalue weighted by Crippen LogP contribution is 2.29. The lowest BCUT2D eigenvalue weighted by atomic mass is 10.1. The minimum atomic E-state index is -0.644. The molecule has 2 heterocycles. The van der Waals surface area contributed by atoms with Gasteiger partial charge in [0.15, 0.2) is 5.01 Å². The number of aliphatic hydroxyl groups is 1. The van der Waals surface area contributed by atoms with Crippen LogP contribution >= 0.6 is 11.3 Å². The number of nitrogens with two attached hydrogens (primary N) is 1. The van der Waals surface area contributed by atoms with Crippen LogP contribution in [0.2, 0.25) is 0 Å². The molecule has 2 atom stereocenters. The molecule has 6 nitrogen and oxygen atoms in total.